The van der Waals surface area contributed by atoms with Crippen LogP contribution in [0.4, 0.5) is 4.79 Å². The Morgan fingerprint density at radius 3 is 2.14 bits per heavy atom. The van der Waals surface area contributed by atoms with E-state index in [1.54, 1.807) is 0 Å². The second-order valence-electron chi connectivity index (χ2n) is 16.4. The van der Waals surface area contributed by atoms with Gasteiger partial charge in [0.25, 0.3) is 0 Å². The zero-order valence-corrected chi connectivity index (χ0v) is 36.2. The van der Waals surface area contributed by atoms with Crippen molar-refractivity contribution >= 4 is 46.4 Å². The predicted molar refractivity (Wildman–Crippen MR) is 231 cm³/mol. The fraction of sp³-hybridized carbons (Fsp3) is 0.565. The third-order valence-corrected chi connectivity index (χ3v) is 11.6. The van der Waals surface area contributed by atoms with E-state index in [1.165, 1.54) is 17.3 Å². The molecular weight excluding hydrogens is 737 g/mol. The van der Waals surface area contributed by atoms with Gasteiger partial charge in [-0.3, -0.25) is 24.2 Å². The Morgan fingerprint density at radius 2 is 1.53 bits per heavy atom. The molecule has 0 fully saturated rings. The van der Waals surface area contributed by atoms with Gasteiger partial charge in [0.1, 0.15) is 12.4 Å². The number of aliphatic imine (C=N–C) groups is 1. The second kappa shape index (κ2) is 24.5. The average molecular weight is 803 g/mol. The average Bonchev–Trinajstić information content (AvgIpc) is 3.17. The third kappa shape index (κ3) is 17.4. The standard InChI is InChI=1S/C46H66N4O6S/c1-30(2)24-38(43(53)50-45-47-23-21-35(8)57-45)27-42(52)40(20-15-22-48-46(55)56-29-37-18-13-10-14-19-37)49-44(54)39(31(3)4)28-41(51)34(7)25-32(5)33(6)26-36-16-11-9-12-17-36/h9-14,16-19,25,30-31,33-35,38-40H,15,20-24,26-29H2,1-8H3,(H,48,55)(H,49,54)(H,47,50,53)/b32-25+/t33-,34-,35?,38-,39+,40?/m1/s1. The first-order chi connectivity index (χ1) is 27.1. The number of carbonyl (C=O) groups is 5. The first kappa shape index (κ1) is 47.1. The van der Waals surface area contributed by atoms with Crippen LogP contribution >= 0.6 is 11.8 Å². The van der Waals surface area contributed by atoms with Crippen LogP contribution in [0.5, 0.6) is 0 Å². The van der Waals surface area contributed by atoms with Crippen LogP contribution in [-0.2, 0) is 36.9 Å². The van der Waals surface area contributed by atoms with Crippen LogP contribution in [0.2, 0.25) is 0 Å². The van der Waals surface area contributed by atoms with E-state index in [9.17, 15) is 24.0 Å². The highest BCUT2D eigenvalue weighted by Crippen LogP contribution is 2.25. The van der Waals surface area contributed by atoms with E-state index in [-0.39, 0.29) is 79.5 Å². The van der Waals surface area contributed by atoms with E-state index in [1.807, 2.05) is 96.1 Å². The molecular formula is C46H66N4O6S. The molecule has 0 saturated carbocycles. The van der Waals surface area contributed by atoms with Gasteiger partial charge in [-0.15, -0.1) is 0 Å². The van der Waals surface area contributed by atoms with Crippen molar-refractivity contribution in [3.8, 4) is 0 Å². The van der Waals surface area contributed by atoms with Gasteiger partial charge in [0, 0.05) is 48.9 Å². The summed E-state index contributed by atoms with van der Waals surface area (Å²) < 4.78 is 5.33. The van der Waals surface area contributed by atoms with Gasteiger partial charge in [-0.1, -0.05) is 133 Å². The Balaban J connectivity index is 1.71. The van der Waals surface area contributed by atoms with Gasteiger partial charge in [0.05, 0.1) is 6.04 Å². The quantitative estimate of drug-likeness (QED) is 0.0801. The maximum Gasteiger partial charge on any atom is 0.407 e. The summed E-state index contributed by atoms with van der Waals surface area (Å²) in [6, 6.07) is 18.7. The van der Waals surface area contributed by atoms with Crippen LogP contribution < -0.4 is 16.0 Å². The molecule has 10 nitrogen and oxygen atoms in total. The Bertz CT molecular complexity index is 1660. The largest absolute Gasteiger partial charge is 0.445 e. The molecule has 57 heavy (non-hydrogen) atoms. The molecule has 3 N–H and O–H groups in total. The Hall–Kier alpha value is -4.25. The zero-order chi connectivity index (χ0) is 41.9. The molecule has 2 unspecified atom stereocenters. The van der Waals surface area contributed by atoms with Crippen LogP contribution in [0.15, 0.2) is 77.3 Å². The Kier molecular flexibility index (Phi) is 20.3. The van der Waals surface area contributed by atoms with Gasteiger partial charge in [0.15, 0.2) is 11.0 Å². The minimum atomic E-state index is -0.918. The number of ether oxygens (including phenoxy) is 1. The summed E-state index contributed by atoms with van der Waals surface area (Å²) >= 11 is 1.52. The minimum absolute atomic E-state index is 0.0355. The number of thioether (sulfide) groups is 1. The first-order valence-corrected chi connectivity index (χ1v) is 21.5. The molecule has 0 aliphatic carbocycles. The van der Waals surface area contributed by atoms with Crippen molar-refractivity contribution in [2.24, 2.45) is 40.5 Å². The number of nitrogens with zero attached hydrogens (tertiary/aromatic N) is 1. The van der Waals surface area contributed by atoms with Gasteiger partial charge in [0.2, 0.25) is 11.8 Å². The second-order valence-corrected chi connectivity index (χ2v) is 17.8. The summed E-state index contributed by atoms with van der Waals surface area (Å²) in [5.41, 5.74) is 3.22. The van der Waals surface area contributed by atoms with Crippen molar-refractivity contribution in [3.63, 3.8) is 0 Å². The van der Waals surface area contributed by atoms with Gasteiger partial charge in [-0.05, 0) is 67.9 Å². The number of nitrogens with one attached hydrogen (secondary N) is 3. The molecule has 1 heterocycles. The van der Waals surface area contributed by atoms with E-state index in [0.29, 0.717) is 29.8 Å². The lowest BCUT2D eigenvalue weighted by Crippen LogP contribution is -2.47. The van der Waals surface area contributed by atoms with E-state index < -0.39 is 24.0 Å². The normalized spacial score (nSPS) is 17.1. The van der Waals surface area contributed by atoms with E-state index in [4.69, 9.17) is 4.74 Å². The Labute approximate surface area is 345 Å². The van der Waals surface area contributed by atoms with Crippen LogP contribution in [0.1, 0.15) is 105 Å². The molecule has 3 amide bonds. The highest BCUT2D eigenvalue weighted by Gasteiger charge is 2.33. The van der Waals surface area contributed by atoms with E-state index in [0.717, 1.165) is 24.0 Å². The molecule has 6 atom stereocenters. The molecule has 312 valence electrons. The predicted octanol–water partition coefficient (Wildman–Crippen LogP) is 8.49. The fourth-order valence-corrected chi connectivity index (χ4v) is 7.76. The number of ketones is 2. The van der Waals surface area contributed by atoms with Gasteiger partial charge < -0.3 is 20.7 Å². The lowest BCUT2D eigenvalue weighted by molar-refractivity contribution is -0.135. The van der Waals surface area contributed by atoms with Gasteiger partial charge >= 0.3 is 6.09 Å². The Morgan fingerprint density at radius 1 is 0.877 bits per heavy atom. The van der Waals surface area contributed by atoms with Crippen molar-refractivity contribution in [2.45, 2.75) is 118 Å². The summed E-state index contributed by atoms with van der Waals surface area (Å²) in [5, 5.41) is 9.59. The maximum atomic E-state index is 14.1. The molecule has 1 aliphatic heterocycles. The number of Topliss-reactive ketones (excluding diaryl/α,β-unsaturated/α-hetero) is 2. The molecule has 3 rings (SSSR count). The number of amidine groups is 1. The summed E-state index contributed by atoms with van der Waals surface area (Å²) in [6.07, 6.45) is 4.29. The molecule has 0 bridgehead atoms. The number of hydrogen-bond acceptors (Lipinski definition) is 8. The summed E-state index contributed by atoms with van der Waals surface area (Å²) in [4.78, 5) is 72.3. The molecule has 0 radical (unpaired) electrons. The van der Waals surface area contributed by atoms with Crippen molar-refractivity contribution < 1.29 is 28.7 Å². The lowest BCUT2D eigenvalue weighted by atomic mass is 9.84. The smallest absolute Gasteiger partial charge is 0.407 e. The molecule has 11 heteroatoms. The van der Waals surface area contributed by atoms with E-state index in [2.05, 4.69) is 46.9 Å². The van der Waals surface area contributed by atoms with Crippen molar-refractivity contribution in [1.82, 2.24) is 16.0 Å². The van der Waals surface area contributed by atoms with Crippen LogP contribution in [0, 0.1) is 35.5 Å². The lowest BCUT2D eigenvalue weighted by Gasteiger charge is -2.26. The van der Waals surface area contributed by atoms with Gasteiger partial charge in [-0.25, -0.2) is 4.79 Å². The number of hydrogen-bond donors (Lipinski definition) is 3. The minimum Gasteiger partial charge on any atom is -0.445 e. The molecule has 0 spiro atoms. The molecule has 1 aliphatic rings. The summed E-state index contributed by atoms with van der Waals surface area (Å²) in [7, 11) is 0. The van der Waals surface area contributed by atoms with Crippen LogP contribution in [-0.4, -0.2) is 59.0 Å². The summed E-state index contributed by atoms with van der Waals surface area (Å²) in [5.74, 6) is -2.37. The highest BCUT2D eigenvalue weighted by molar-refractivity contribution is 8.14. The number of benzene rings is 2. The van der Waals surface area contributed by atoms with Crippen molar-refractivity contribution in [2.75, 3.05) is 13.1 Å². The number of amides is 3. The molecule has 2 aromatic rings. The highest BCUT2D eigenvalue weighted by atomic mass is 32.2. The van der Waals surface area contributed by atoms with Crippen LogP contribution in [0.25, 0.3) is 0 Å². The van der Waals surface area contributed by atoms with Crippen molar-refractivity contribution in [1.29, 1.82) is 0 Å². The topological polar surface area (TPSA) is 143 Å². The molecule has 2 aromatic carbocycles. The van der Waals surface area contributed by atoms with Crippen LogP contribution in [0.3, 0.4) is 0 Å². The SMILES string of the molecule is C/C(=C\[C@@H](C)C(=O)C[C@H](C(=O)NC(CCCNC(=O)OCc1ccccc1)C(=O)C[C@@H](CC(C)C)C(=O)NC1=NCCC(C)S1)C(C)C)[C@H](C)Cc1ccccc1. The third-order valence-electron chi connectivity index (χ3n) is 10.5. The number of rotatable bonds is 22. The van der Waals surface area contributed by atoms with E-state index >= 15 is 0 Å². The zero-order valence-electron chi connectivity index (χ0n) is 35.3. The monoisotopic (exact) mass is 802 g/mol. The molecule has 0 saturated heterocycles. The number of allylic oxidation sites excluding steroid dienone is 2. The van der Waals surface area contributed by atoms with Gasteiger partial charge in [-0.2, -0.15) is 0 Å². The summed E-state index contributed by atoms with van der Waals surface area (Å²) in [6.45, 7) is 17.0. The maximum absolute atomic E-state index is 14.1. The first-order valence-electron chi connectivity index (χ1n) is 20.7. The van der Waals surface area contributed by atoms with Crippen molar-refractivity contribution in [3.05, 3.63) is 83.4 Å². The number of alkyl carbamates (subject to hydrolysis) is 1. The number of carbonyl (C=O) groups excluding carboxylic acids is 5. The fourth-order valence-electron chi connectivity index (χ4n) is 6.83. The molecule has 0 aromatic heterocycles.